The van der Waals surface area contributed by atoms with Crippen molar-refractivity contribution >= 4 is 22.6 Å². The molecule has 4 nitrogen and oxygen atoms in total. The van der Waals surface area contributed by atoms with Crippen LogP contribution in [0.4, 0.5) is 5.69 Å². The van der Waals surface area contributed by atoms with Crippen molar-refractivity contribution in [2.45, 2.75) is 4.90 Å². The molecule has 0 N–H and O–H groups in total. The summed E-state index contributed by atoms with van der Waals surface area (Å²) in [5, 5.41) is 10.4. The number of hydrogen-bond acceptors (Lipinski definition) is 4. The van der Waals surface area contributed by atoms with Crippen molar-refractivity contribution in [1.29, 1.82) is 0 Å². The number of rotatable bonds is 3. The van der Waals surface area contributed by atoms with E-state index in [1.54, 1.807) is 36.4 Å². The lowest BCUT2D eigenvalue weighted by atomic mass is 10.2. The Morgan fingerprint density at radius 2 is 1.61 bits per heavy atom. The minimum atomic E-state index is -0.465. The van der Waals surface area contributed by atoms with Gasteiger partial charge in [-0.15, -0.1) is 0 Å². The fourth-order valence-corrected chi connectivity index (χ4v) is 2.12. The molecule has 2 aromatic rings. The number of carbonyl (C=O) groups excluding carboxylic acids is 1. The van der Waals surface area contributed by atoms with Crippen LogP contribution in [0, 0.1) is 10.1 Å². The number of nitro benzene ring substituents is 1. The van der Waals surface area contributed by atoms with Gasteiger partial charge in [-0.3, -0.25) is 14.9 Å². The molecule has 0 spiro atoms. The molecule has 0 heterocycles. The van der Waals surface area contributed by atoms with Gasteiger partial charge in [-0.1, -0.05) is 30.3 Å². The first-order valence-corrected chi connectivity index (χ1v) is 6.00. The minimum Gasteiger partial charge on any atom is -0.281 e. The van der Waals surface area contributed by atoms with E-state index in [0.717, 1.165) is 11.8 Å². The molecular formula is C13H9NO3S. The molecule has 5 heteroatoms. The molecule has 90 valence electrons. The van der Waals surface area contributed by atoms with Crippen LogP contribution in [0.1, 0.15) is 10.4 Å². The summed E-state index contributed by atoms with van der Waals surface area (Å²) in [7, 11) is 0. The number of nitro groups is 1. The Kier molecular flexibility index (Phi) is 3.74. The molecule has 0 atom stereocenters. The van der Waals surface area contributed by atoms with Gasteiger partial charge in [0.25, 0.3) is 5.69 Å². The number of hydrogen-bond donors (Lipinski definition) is 0. The molecule has 0 aliphatic carbocycles. The Balaban J connectivity index is 2.10. The van der Waals surface area contributed by atoms with Crippen molar-refractivity contribution in [3.05, 3.63) is 70.3 Å². The van der Waals surface area contributed by atoms with Crippen molar-refractivity contribution in [3.63, 3.8) is 0 Å². The molecule has 0 amide bonds. The molecule has 2 rings (SSSR count). The van der Waals surface area contributed by atoms with Gasteiger partial charge in [-0.25, -0.2) is 0 Å². The summed E-state index contributed by atoms with van der Waals surface area (Å²) in [5.74, 6) is 0. The lowest BCUT2D eigenvalue weighted by molar-refractivity contribution is -0.384. The maximum atomic E-state index is 11.9. The van der Waals surface area contributed by atoms with Crippen molar-refractivity contribution < 1.29 is 9.72 Å². The average Bonchev–Trinajstić information content (AvgIpc) is 2.40. The lowest BCUT2D eigenvalue weighted by Crippen LogP contribution is -1.92. The molecule has 0 radical (unpaired) electrons. The Bertz CT molecular complexity index is 567. The zero-order valence-electron chi connectivity index (χ0n) is 9.28. The molecule has 0 fully saturated rings. The number of non-ortho nitro benzene ring substituents is 1. The van der Waals surface area contributed by atoms with Gasteiger partial charge in [0.2, 0.25) is 5.12 Å². The van der Waals surface area contributed by atoms with E-state index in [0.29, 0.717) is 10.5 Å². The SMILES string of the molecule is O=C(Sc1ccc([N+](=O)[O-])cc1)c1ccccc1. The Hall–Kier alpha value is -2.14. The maximum Gasteiger partial charge on any atom is 0.269 e. The molecule has 2 aromatic carbocycles. The second-order valence-electron chi connectivity index (χ2n) is 3.51. The molecule has 0 unspecified atom stereocenters. The van der Waals surface area contributed by atoms with Gasteiger partial charge in [0.1, 0.15) is 0 Å². The van der Waals surface area contributed by atoms with Crippen molar-refractivity contribution in [1.82, 2.24) is 0 Å². The third-order valence-corrected chi connectivity index (χ3v) is 3.20. The topological polar surface area (TPSA) is 60.2 Å². The van der Waals surface area contributed by atoms with Crippen LogP contribution in [0.3, 0.4) is 0 Å². The molecule has 0 bridgehead atoms. The van der Waals surface area contributed by atoms with Gasteiger partial charge in [0, 0.05) is 22.6 Å². The molecule has 0 aromatic heterocycles. The molecular weight excluding hydrogens is 250 g/mol. The van der Waals surface area contributed by atoms with Crippen LogP contribution in [-0.2, 0) is 0 Å². The van der Waals surface area contributed by atoms with Crippen LogP contribution in [-0.4, -0.2) is 10.0 Å². The monoisotopic (exact) mass is 259 g/mol. The first-order valence-electron chi connectivity index (χ1n) is 5.18. The van der Waals surface area contributed by atoms with Crippen LogP contribution >= 0.6 is 11.8 Å². The fraction of sp³-hybridized carbons (Fsp3) is 0. The minimum absolute atomic E-state index is 0.0199. The summed E-state index contributed by atoms with van der Waals surface area (Å²) in [5.41, 5.74) is 0.632. The van der Waals surface area contributed by atoms with Crippen LogP contribution in [0.5, 0.6) is 0 Å². The highest BCUT2D eigenvalue weighted by atomic mass is 32.2. The third kappa shape index (κ3) is 2.95. The second kappa shape index (κ2) is 5.46. The van der Waals surface area contributed by atoms with Crippen LogP contribution < -0.4 is 0 Å². The van der Waals surface area contributed by atoms with Gasteiger partial charge in [-0.05, 0) is 23.9 Å². The molecule has 18 heavy (non-hydrogen) atoms. The Labute approximate surface area is 108 Å². The largest absolute Gasteiger partial charge is 0.281 e. The summed E-state index contributed by atoms with van der Waals surface area (Å²) in [6, 6.07) is 14.8. The van der Waals surface area contributed by atoms with E-state index < -0.39 is 4.92 Å². The van der Waals surface area contributed by atoms with Gasteiger partial charge in [0.15, 0.2) is 0 Å². The molecule has 0 saturated carbocycles. The van der Waals surface area contributed by atoms with Crippen molar-refractivity contribution in [3.8, 4) is 0 Å². The smallest absolute Gasteiger partial charge is 0.269 e. The first kappa shape index (κ1) is 12.3. The van der Waals surface area contributed by atoms with E-state index >= 15 is 0 Å². The van der Waals surface area contributed by atoms with Crippen molar-refractivity contribution in [2.24, 2.45) is 0 Å². The lowest BCUT2D eigenvalue weighted by Gasteiger charge is -2.00. The Morgan fingerprint density at radius 1 is 1.00 bits per heavy atom. The van der Waals surface area contributed by atoms with E-state index in [4.69, 9.17) is 0 Å². The Morgan fingerprint density at radius 3 is 2.17 bits per heavy atom. The second-order valence-corrected chi connectivity index (χ2v) is 4.55. The number of nitrogens with zero attached hydrogens (tertiary/aromatic N) is 1. The quantitative estimate of drug-likeness (QED) is 0.480. The standard InChI is InChI=1S/C13H9NO3S/c15-13(10-4-2-1-3-5-10)18-12-8-6-11(7-9-12)14(16)17/h1-9H. The molecule has 0 aliphatic rings. The summed E-state index contributed by atoms with van der Waals surface area (Å²) >= 11 is 1.06. The van der Waals surface area contributed by atoms with Crippen molar-refractivity contribution in [2.75, 3.05) is 0 Å². The highest BCUT2D eigenvalue weighted by Crippen LogP contribution is 2.24. The number of carbonyl (C=O) groups is 1. The van der Waals surface area contributed by atoms with E-state index in [2.05, 4.69) is 0 Å². The first-order chi connectivity index (χ1) is 8.66. The summed E-state index contributed by atoms with van der Waals surface area (Å²) in [6.45, 7) is 0. The highest BCUT2D eigenvalue weighted by molar-refractivity contribution is 8.14. The summed E-state index contributed by atoms with van der Waals surface area (Å²) < 4.78 is 0. The fourth-order valence-electron chi connectivity index (χ4n) is 1.38. The van der Waals surface area contributed by atoms with Crippen LogP contribution in [0.15, 0.2) is 59.5 Å². The normalized spacial score (nSPS) is 10.0. The maximum absolute atomic E-state index is 11.9. The molecule has 0 aliphatic heterocycles. The van der Waals surface area contributed by atoms with Crippen LogP contribution in [0.2, 0.25) is 0 Å². The van der Waals surface area contributed by atoms with Crippen LogP contribution in [0.25, 0.3) is 0 Å². The predicted octanol–water partition coefficient (Wildman–Crippen LogP) is 3.53. The number of thioether (sulfide) groups is 1. The highest BCUT2D eigenvalue weighted by Gasteiger charge is 2.09. The van der Waals surface area contributed by atoms with Gasteiger partial charge < -0.3 is 0 Å². The van der Waals surface area contributed by atoms with E-state index in [-0.39, 0.29) is 10.8 Å². The zero-order valence-corrected chi connectivity index (χ0v) is 10.1. The average molecular weight is 259 g/mol. The van der Waals surface area contributed by atoms with E-state index in [1.807, 2.05) is 6.07 Å². The van der Waals surface area contributed by atoms with Gasteiger partial charge in [0.05, 0.1) is 4.92 Å². The summed E-state index contributed by atoms with van der Waals surface area (Å²) in [4.78, 5) is 22.6. The van der Waals surface area contributed by atoms with E-state index in [9.17, 15) is 14.9 Å². The molecule has 0 saturated heterocycles. The summed E-state index contributed by atoms with van der Waals surface area (Å²) in [6.07, 6.45) is 0. The predicted molar refractivity (Wildman–Crippen MR) is 69.7 cm³/mol. The third-order valence-electron chi connectivity index (χ3n) is 2.27. The number of benzene rings is 2. The van der Waals surface area contributed by atoms with Gasteiger partial charge >= 0.3 is 0 Å². The van der Waals surface area contributed by atoms with E-state index in [1.165, 1.54) is 12.1 Å². The zero-order chi connectivity index (χ0) is 13.0. The van der Waals surface area contributed by atoms with Gasteiger partial charge in [-0.2, -0.15) is 0 Å².